The van der Waals surface area contributed by atoms with Crippen molar-refractivity contribution in [3.63, 3.8) is 0 Å². The largest absolute Gasteiger partial charge is 0.346 e. The van der Waals surface area contributed by atoms with Gasteiger partial charge in [-0.3, -0.25) is 9.79 Å². The van der Waals surface area contributed by atoms with Crippen LogP contribution in [0.2, 0.25) is 0 Å². The number of nitrogens with zero attached hydrogens (tertiary/aromatic N) is 3. The molecule has 1 amide bonds. The van der Waals surface area contributed by atoms with Crippen molar-refractivity contribution in [1.82, 2.24) is 14.9 Å². The summed E-state index contributed by atoms with van der Waals surface area (Å²) in [6, 6.07) is 10.8. The number of aromatic amines is 1. The first-order chi connectivity index (χ1) is 18.5. The van der Waals surface area contributed by atoms with Gasteiger partial charge in [0.05, 0.1) is 5.70 Å². The van der Waals surface area contributed by atoms with Crippen molar-refractivity contribution in [2.45, 2.75) is 65.2 Å². The van der Waals surface area contributed by atoms with E-state index in [0.717, 1.165) is 73.1 Å². The van der Waals surface area contributed by atoms with Crippen molar-refractivity contribution in [3.8, 4) is 0 Å². The molecular weight excluding hydrogens is 475 g/mol. The van der Waals surface area contributed by atoms with Crippen LogP contribution >= 0.6 is 0 Å². The molecule has 1 aromatic carbocycles. The van der Waals surface area contributed by atoms with Gasteiger partial charge in [0.1, 0.15) is 11.5 Å². The van der Waals surface area contributed by atoms with Crippen LogP contribution in [0, 0.1) is 23.6 Å². The Balaban J connectivity index is 1.26. The molecule has 4 heterocycles. The van der Waals surface area contributed by atoms with Gasteiger partial charge in [-0.15, -0.1) is 0 Å². The number of likely N-dealkylation sites (tertiary alicyclic amines) is 1. The van der Waals surface area contributed by atoms with Crippen LogP contribution < -0.4 is 0 Å². The molecule has 0 radical (unpaired) electrons. The van der Waals surface area contributed by atoms with Crippen LogP contribution in [0.1, 0.15) is 76.3 Å². The van der Waals surface area contributed by atoms with E-state index in [2.05, 4.69) is 47.1 Å². The number of carbonyl (C=O) groups is 1. The first-order valence-corrected chi connectivity index (χ1v) is 14.3. The minimum atomic E-state index is -0.244. The van der Waals surface area contributed by atoms with Gasteiger partial charge in [0.25, 0.3) is 0 Å². The molecule has 0 aliphatic carbocycles. The summed E-state index contributed by atoms with van der Waals surface area (Å²) in [5.74, 6) is 1.52. The molecular formula is C32H39FN4O. The summed E-state index contributed by atoms with van der Waals surface area (Å²) in [7, 11) is 0. The number of hydrogen-bond donors (Lipinski definition) is 1. The maximum atomic E-state index is 13.7. The number of rotatable bonds is 10. The van der Waals surface area contributed by atoms with E-state index >= 15 is 0 Å². The third kappa shape index (κ3) is 5.90. The number of aliphatic imine (C=N–C) groups is 1. The fraction of sp³-hybridized carbons (Fsp3) is 0.469. The van der Waals surface area contributed by atoms with Crippen molar-refractivity contribution in [3.05, 3.63) is 65.7 Å². The normalized spacial score (nSPS) is 19.0. The number of halogens is 1. The number of pyridine rings is 1. The fourth-order valence-corrected chi connectivity index (χ4v) is 6.12. The molecule has 2 unspecified atom stereocenters. The molecule has 5 nitrogen and oxygen atoms in total. The van der Waals surface area contributed by atoms with Gasteiger partial charge < -0.3 is 9.88 Å². The maximum absolute atomic E-state index is 13.7. The van der Waals surface area contributed by atoms with Gasteiger partial charge in [-0.05, 0) is 91.5 Å². The third-order valence-corrected chi connectivity index (χ3v) is 8.36. The average Bonchev–Trinajstić information content (AvgIpc) is 3.59. The molecule has 200 valence electrons. The highest BCUT2D eigenvalue weighted by atomic mass is 19.1. The van der Waals surface area contributed by atoms with E-state index < -0.39 is 0 Å². The first kappa shape index (κ1) is 26.3. The summed E-state index contributed by atoms with van der Waals surface area (Å²) in [5, 5.41) is 1.08. The number of piperidine rings is 1. The van der Waals surface area contributed by atoms with E-state index in [1.807, 2.05) is 24.5 Å². The molecule has 0 spiro atoms. The number of amides is 1. The Hall–Kier alpha value is -3.28. The standard InChI is InChI=1S/C32H39FN4O/c1-3-4-22(2)5-12-29(38)37-19-15-23(16-20-37)6-7-25-21-36-31(24-8-10-26(33)11-9-24)30(25)27-13-17-34-32-28(27)14-18-35-32/h8-11,13-14,17-18,21-23,25H,3-7,12,15-16,19-20H2,1-2H3,(H,34,35). The zero-order valence-corrected chi connectivity index (χ0v) is 22.6. The molecule has 6 heteroatoms. The number of hydrogen-bond acceptors (Lipinski definition) is 3. The molecule has 2 atom stereocenters. The first-order valence-electron chi connectivity index (χ1n) is 14.3. The van der Waals surface area contributed by atoms with E-state index in [-0.39, 0.29) is 11.7 Å². The topological polar surface area (TPSA) is 61.4 Å². The van der Waals surface area contributed by atoms with Gasteiger partial charge in [-0.25, -0.2) is 9.37 Å². The number of fused-ring (bicyclic) bond motifs is 1. The molecule has 5 rings (SSSR count). The Morgan fingerprint density at radius 3 is 2.66 bits per heavy atom. The van der Waals surface area contributed by atoms with Gasteiger partial charge in [-0.1, -0.05) is 26.7 Å². The Kier molecular flexibility index (Phi) is 8.35. The van der Waals surface area contributed by atoms with Gasteiger partial charge >= 0.3 is 0 Å². The number of nitrogens with one attached hydrogen (secondary N) is 1. The summed E-state index contributed by atoms with van der Waals surface area (Å²) in [4.78, 5) is 27.4. The van der Waals surface area contributed by atoms with Crippen molar-refractivity contribution in [2.75, 3.05) is 13.1 Å². The van der Waals surface area contributed by atoms with Crippen molar-refractivity contribution < 1.29 is 9.18 Å². The van der Waals surface area contributed by atoms with Crippen LogP contribution in [0.15, 0.2) is 53.8 Å². The van der Waals surface area contributed by atoms with Gasteiger partial charge in [0, 0.05) is 55.0 Å². The molecule has 2 aliphatic rings. The van der Waals surface area contributed by atoms with Crippen LogP contribution in [0.3, 0.4) is 0 Å². The Morgan fingerprint density at radius 2 is 1.89 bits per heavy atom. The molecule has 1 fully saturated rings. The number of carbonyl (C=O) groups excluding carboxylic acids is 1. The third-order valence-electron chi connectivity index (χ3n) is 8.36. The minimum Gasteiger partial charge on any atom is -0.346 e. The predicted octanol–water partition coefficient (Wildman–Crippen LogP) is 7.51. The summed E-state index contributed by atoms with van der Waals surface area (Å²) in [6.45, 7) is 6.22. The summed E-state index contributed by atoms with van der Waals surface area (Å²) < 4.78 is 13.7. The van der Waals surface area contributed by atoms with Gasteiger partial charge in [0.15, 0.2) is 0 Å². The molecule has 0 saturated carbocycles. The maximum Gasteiger partial charge on any atom is 0.222 e. The van der Waals surface area contributed by atoms with Crippen LogP contribution in [0.25, 0.3) is 22.3 Å². The van der Waals surface area contributed by atoms with Crippen LogP contribution in [0.5, 0.6) is 0 Å². The van der Waals surface area contributed by atoms with E-state index in [0.29, 0.717) is 24.2 Å². The monoisotopic (exact) mass is 514 g/mol. The van der Waals surface area contributed by atoms with E-state index in [1.165, 1.54) is 30.5 Å². The lowest BCUT2D eigenvalue weighted by Gasteiger charge is -2.33. The van der Waals surface area contributed by atoms with Crippen LogP contribution in [-0.2, 0) is 4.79 Å². The molecule has 2 aliphatic heterocycles. The van der Waals surface area contributed by atoms with E-state index in [9.17, 15) is 9.18 Å². The molecule has 3 aromatic rings. The van der Waals surface area contributed by atoms with E-state index in [1.54, 1.807) is 0 Å². The second kappa shape index (κ2) is 12.1. The highest BCUT2D eigenvalue weighted by molar-refractivity contribution is 6.08. The minimum absolute atomic E-state index is 0.190. The highest BCUT2D eigenvalue weighted by Crippen LogP contribution is 2.42. The molecule has 2 aromatic heterocycles. The Bertz CT molecular complexity index is 1300. The SMILES string of the molecule is CCCC(C)CCC(=O)N1CCC(CCC2C=NC(c3ccc(F)cc3)=C2c2ccnc3[nH]ccc23)CC1. The number of benzene rings is 1. The van der Waals surface area contributed by atoms with Crippen LogP contribution in [0.4, 0.5) is 4.39 Å². The average molecular weight is 515 g/mol. The van der Waals surface area contributed by atoms with Crippen molar-refractivity contribution in [2.24, 2.45) is 22.7 Å². The van der Waals surface area contributed by atoms with Crippen molar-refractivity contribution in [1.29, 1.82) is 0 Å². The van der Waals surface area contributed by atoms with E-state index in [4.69, 9.17) is 4.99 Å². The molecule has 0 bridgehead atoms. The van der Waals surface area contributed by atoms with Gasteiger partial charge in [0.2, 0.25) is 5.91 Å². The van der Waals surface area contributed by atoms with Crippen molar-refractivity contribution >= 4 is 34.4 Å². The second-order valence-corrected chi connectivity index (χ2v) is 11.1. The smallest absolute Gasteiger partial charge is 0.222 e. The Morgan fingerprint density at radius 1 is 1.11 bits per heavy atom. The highest BCUT2D eigenvalue weighted by Gasteiger charge is 2.29. The summed E-state index contributed by atoms with van der Waals surface area (Å²) >= 11 is 0. The fourth-order valence-electron chi connectivity index (χ4n) is 6.12. The lowest BCUT2D eigenvalue weighted by Crippen LogP contribution is -2.38. The second-order valence-electron chi connectivity index (χ2n) is 11.1. The quantitative estimate of drug-likeness (QED) is 0.304. The predicted molar refractivity (Wildman–Crippen MR) is 153 cm³/mol. The zero-order chi connectivity index (χ0) is 26.5. The number of H-pyrrole nitrogens is 1. The molecule has 1 N–H and O–H groups in total. The lowest BCUT2D eigenvalue weighted by atomic mass is 9.83. The zero-order valence-electron chi connectivity index (χ0n) is 22.6. The number of allylic oxidation sites excluding steroid dienone is 1. The molecule has 1 saturated heterocycles. The Labute approximate surface area is 225 Å². The van der Waals surface area contributed by atoms with Crippen LogP contribution in [-0.4, -0.2) is 40.1 Å². The summed E-state index contributed by atoms with van der Waals surface area (Å²) in [5.41, 5.74) is 5.04. The summed E-state index contributed by atoms with van der Waals surface area (Å²) in [6.07, 6.45) is 14.2. The lowest BCUT2D eigenvalue weighted by molar-refractivity contribution is -0.132. The van der Waals surface area contributed by atoms with Gasteiger partial charge in [-0.2, -0.15) is 0 Å². The number of aromatic nitrogens is 2. The molecule has 38 heavy (non-hydrogen) atoms.